The number of hydrogen-bond acceptors (Lipinski definition) is 5. The molecular weight excluding hydrogens is 434 g/mol. The number of ether oxygens (including phenoxy) is 1. The van der Waals surface area contributed by atoms with E-state index in [-0.39, 0.29) is 5.76 Å². The van der Waals surface area contributed by atoms with Crippen LogP contribution in [0.15, 0.2) is 50.4 Å². The summed E-state index contributed by atoms with van der Waals surface area (Å²) in [5, 5.41) is 4.87. The third-order valence-electron chi connectivity index (χ3n) is 5.08. The predicted molar refractivity (Wildman–Crippen MR) is 118 cm³/mol. The second-order valence-electron chi connectivity index (χ2n) is 7.07. The van der Waals surface area contributed by atoms with Gasteiger partial charge in [-0.2, -0.15) is 5.10 Å². The van der Waals surface area contributed by atoms with E-state index in [9.17, 15) is 4.79 Å². The van der Waals surface area contributed by atoms with Crippen LogP contribution in [-0.2, 0) is 0 Å². The average molecular weight is 456 g/mol. The van der Waals surface area contributed by atoms with Gasteiger partial charge in [-0.3, -0.25) is 4.79 Å². The van der Waals surface area contributed by atoms with Crippen LogP contribution >= 0.6 is 15.9 Å². The molecule has 0 aliphatic carbocycles. The highest BCUT2D eigenvalue weighted by Gasteiger charge is 2.16. The van der Waals surface area contributed by atoms with Gasteiger partial charge in [-0.15, -0.1) is 0 Å². The van der Waals surface area contributed by atoms with Gasteiger partial charge in [0, 0.05) is 28.6 Å². The molecule has 4 rings (SSSR count). The van der Waals surface area contributed by atoms with Crippen LogP contribution in [0, 0.1) is 6.92 Å². The highest BCUT2D eigenvalue weighted by atomic mass is 79.9. The number of halogens is 1. The van der Waals surface area contributed by atoms with Gasteiger partial charge < -0.3 is 14.1 Å². The van der Waals surface area contributed by atoms with E-state index in [1.807, 2.05) is 19.1 Å². The van der Waals surface area contributed by atoms with Gasteiger partial charge in [-0.25, -0.2) is 5.43 Å². The SMILES string of the molecule is COc1cc(Br)cc2cc(C(=O)N/N=C\c3ccc(N4CCCC4)cc3C)oc12. The Morgan fingerprint density at radius 1 is 1.24 bits per heavy atom. The zero-order valence-corrected chi connectivity index (χ0v) is 18.0. The molecule has 1 saturated heterocycles. The normalized spacial score (nSPS) is 14.1. The van der Waals surface area contributed by atoms with Crippen molar-refractivity contribution in [2.24, 2.45) is 5.10 Å². The molecule has 1 aromatic heterocycles. The van der Waals surface area contributed by atoms with Crippen LogP contribution < -0.4 is 15.1 Å². The topological polar surface area (TPSA) is 67.1 Å². The van der Waals surface area contributed by atoms with Crippen molar-refractivity contribution < 1.29 is 13.9 Å². The Bertz CT molecular complexity index is 1080. The Morgan fingerprint density at radius 2 is 2.03 bits per heavy atom. The third-order valence-corrected chi connectivity index (χ3v) is 5.54. The molecule has 2 aromatic carbocycles. The molecule has 0 spiro atoms. The highest BCUT2D eigenvalue weighted by Crippen LogP contribution is 2.32. The zero-order chi connectivity index (χ0) is 20.4. The lowest BCUT2D eigenvalue weighted by Crippen LogP contribution is -2.18. The number of aryl methyl sites for hydroxylation is 1. The van der Waals surface area contributed by atoms with Crippen molar-refractivity contribution in [2.45, 2.75) is 19.8 Å². The van der Waals surface area contributed by atoms with Gasteiger partial charge in [0.05, 0.1) is 13.3 Å². The van der Waals surface area contributed by atoms with Crippen molar-refractivity contribution in [1.29, 1.82) is 0 Å². The second kappa shape index (κ2) is 8.29. The summed E-state index contributed by atoms with van der Waals surface area (Å²) in [4.78, 5) is 14.8. The van der Waals surface area contributed by atoms with E-state index in [2.05, 4.69) is 43.5 Å². The Hall–Kier alpha value is -2.80. The molecule has 2 heterocycles. The maximum absolute atomic E-state index is 12.4. The molecule has 150 valence electrons. The molecule has 1 N–H and O–H groups in total. The molecule has 0 saturated carbocycles. The molecule has 1 fully saturated rings. The monoisotopic (exact) mass is 455 g/mol. The van der Waals surface area contributed by atoms with E-state index in [0.29, 0.717) is 11.3 Å². The first-order chi connectivity index (χ1) is 14.0. The Morgan fingerprint density at radius 3 is 2.76 bits per heavy atom. The van der Waals surface area contributed by atoms with Crippen molar-refractivity contribution in [1.82, 2.24) is 5.43 Å². The number of nitrogens with zero attached hydrogens (tertiary/aromatic N) is 2. The van der Waals surface area contributed by atoms with Crippen LogP contribution in [0.4, 0.5) is 5.69 Å². The van der Waals surface area contributed by atoms with Crippen molar-refractivity contribution >= 4 is 44.7 Å². The van der Waals surface area contributed by atoms with Gasteiger partial charge >= 0.3 is 5.91 Å². The van der Waals surface area contributed by atoms with Gasteiger partial charge in [-0.1, -0.05) is 22.0 Å². The lowest BCUT2D eigenvalue weighted by Gasteiger charge is -2.18. The first-order valence-corrected chi connectivity index (χ1v) is 10.3. The quantitative estimate of drug-likeness (QED) is 0.439. The molecule has 0 radical (unpaired) electrons. The summed E-state index contributed by atoms with van der Waals surface area (Å²) in [7, 11) is 1.56. The largest absolute Gasteiger partial charge is 0.493 e. The third kappa shape index (κ3) is 4.15. The predicted octanol–water partition coefficient (Wildman–Crippen LogP) is 4.88. The van der Waals surface area contributed by atoms with Crippen LogP contribution in [0.1, 0.15) is 34.5 Å². The summed E-state index contributed by atoms with van der Waals surface area (Å²) < 4.78 is 11.8. The smallest absolute Gasteiger partial charge is 0.307 e. The van der Waals surface area contributed by atoms with E-state index in [1.54, 1.807) is 25.5 Å². The number of anilines is 1. The average Bonchev–Trinajstić information content (AvgIpc) is 3.38. The number of hydrazone groups is 1. The minimum Gasteiger partial charge on any atom is -0.493 e. The summed E-state index contributed by atoms with van der Waals surface area (Å²) in [5.41, 5.74) is 6.37. The standard InChI is InChI=1S/C22H22BrN3O3/c1-14-9-18(26-7-3-4-8-26)6-5-15(14)13-24-25-22(27)20-11-16-10-17(23)12-19(28-2)21(16)29-20/h5-6,9-13H,3-4,7-8H2,1-2H3,(H,25,27)/b24-13-. The molecule has 7 heteroatoms. The van der Waals surface area contributed by atoms with E-state index < -0.39 is 5.91 Å². The van der Waals surface area contributed by atoms with Crippen molar-refractivity contribution in [3.8, 4) is 5.75 Å². The molecule has 29 heavy (non-hydrogen) atoms. The van der Waals surface area contributed by atoms with E-state index in [4.69, 9.17) is 9.15 Å². The highest BCUT2D eigenvalue weighted by molar-refractivity contribution is 9.10. The molecule has 0 bridgehead atoms. The number of hydrogen-bond donors (Lipinski definition) is 1. The minimum atomic E-state index is -0.415. The van der Waals surface area contributed by atoms with E-state index in [0.717, 1.165) is 34.1 Å². The van der Waals surface area contributed by atoms with Gasteiger partial charge in [-0.05, 0) is 61.2 Å². The molecule has 0 unspecified atom stereocenters. The maximum Gasteiger partial charge on any atom is 0.307 e. The number of carbonyl (C=O) groups is 1. The first kappa shape index (κ1) is 19.5. The van der Waals surface area contributed by atoms with Crippen molar-refractivity contribution in [3.63, 3.8) is 0 Å². The molecule has 1 amide bonds. The van der Waals surface area contributed by atoms with E-state index in [1.165, 1.54) is 18.5 Å². The van der Waals surface area contributed by atoms with Crippen LogP contribution in [0.3, 0.4) is 0 Å². The number of furan rings is 1. The number of carbonyl (C=O) groups excluding carboxylic acids is 1. The van der Waals surface area contributed by atoms with Gasteiger partial charge in [0.25, 0.3) is 0 Å². The maximum atomic E-state index is 12.4. The van der Waals surface area contributed by atoms with Crippen LogP contribution in [-0.4, -0.2) is 32.3 Å². The van der Waals surface area contributed by atoms with Gasteiger partial charge in [0.2, 0.25) is 0 Å². The van der Waals surface area contributed by atoms with Crippen LogP contribution in [0.25, 0.3) is 11.0 Å². The summed E-state index contributed by atoms with van der Waals surface area (Å²) in [6, 6.07) is 11.6. The molecule has 3 aromatic rings. The molecule has 0 atom stereocenters. The Kier molecular flexibility index (Phi) is 5.58. The number of rotatable bonds is 5. The van der Waals surface area contributed by atoms with Gasteiger partial charge in [0.1, 0.15) is 0 Å². The second-order valence-corrected chi connectivity index (χ2v) is 7.99. The number of fused-ring (bicyclic) bond motifs is 1. The zero-order valence-electron chi connectivity index (χ0n) is 16.4. The van der Waals surface area contributed by atoms with Crippen molar-refractivity contribution in [3.05, 3.63) is 57.8 Å². The van der Waals surface area contributed by atoms with E-state index >= 15 is 0 Å². The Labute approximate surface area is 177 Å². The summed E-state index contributed by atoms with van der Waals surface area (Å²) in [6.45, 7) is 4.27. The molecular formula is C22H22BrN3O3. The minimum absolute atomic E-state index is 0.176. The fraction of sp³-hybridized carbons (Fsp3) is 0.273. The molecule has 1 aliphatic heterocycles. The number of nitrogens with one attached hydrogen (secondary N) is 1. The number of methoxy groups -OCH3 is 1. The van der Waals surface area contributed by atoms with Gasteiger partial charge in [0.15, 0.2) is 17.1 Å². The first-order valence-electron chi connectivity index (χ1n) is 9.51. The lowest BCUT2D eigenvalue weighted by atomic mass is 10.1. The summed E-state index contributed by atoms with van der Waals surface area (Å²) in [6.07, 6.45) is 4.15. The summed E-state index contributed by atoms with van der Waals surface area (Å²) >= 11 is 3.42. The summed E-state index contributed by atoms with van der Waals surface area (Å²) in [5.74, 6) is 0.322. The lowest BCUT2D eigenvalue weighted by molar-refractivity contribution is 0.0929. The molecule has 6 nitrogen and oxygen atoms in total. The number of benzene rings is 2. The van der Waals surface area contributed by atoms with Crippen LogP contribution in [0.2, 0.25) is 0 Å². The fourth-order valence-electron chi connectivity index (χ4n) is 3.54. The fourth-order valence-corrected chi connectivity index (χ4v) is 4.00. The van der Waals surface area contributed by atoms with Crippen LogP contribution in [0.5, 0.6) is 5.75 Å². The molecule has 1 aliphatic rings. The number of amides is 1. The van der Waals surface area contributed by atoms with Crippen molar-refractivity contribution in [2.75, 3.05) is 25.1 Å². The Balaban J connectivity index is 1.46.